The Labute approximate surface area is 114 Å². The minimum Gasteiger partial charge on any atom is -0.489 e. The number of hydrogen-bond donors (Lipinski definition) is 2. The highest BCUT2D eigenvalue weighted by molar-refractivity contribution is 7.80. The fourth-order valence-electron chi connectivity index (χ4n) is 1.37. The highest BCUT2D eigenvalue weighted by Crippen LogP contribution is 2.17. The van der Waals surface area contributed by atoms with Crippen molar-refractivity contribution in [3.05, 3.63) is 36.9 Å². The molecule has 0 radical (unpaired) electrons. The Balaban J connectivity index is 2.45. The van der Waals surface area contributed by atoms with Crippen molar-refractivity contribution in [3.8, 4) is 5.75 Å². The van der Waals surface area contributed by atoms with E-state index in [1.807, 2.05) is 24.3 Å². The minimum atomic E-state index is 0.503. The van der Waals surface area contributed by atoms with Gasteiger partial charge >= 0.3 is 0 Å². The molecule has 0 aliphatic rings. The van der Waals surface area contributed by atoms with E-state index in [0.717, 1.165) is 30.8 Å². The van der Waals surface area contributed by atoms with Gasteiger partial charge in [0.2, 0.25) is 0 Å². The van der Waals surface area contributed by atoms with E-state index in [2.05, 4.69) is 24.1 Å². The molecular formula is C14H20N2OS. The molecule has 1 aromatic rings. The molecule has 0 bridgehead atoms. The molecule has 18 heavy (non-hydrogen) atoms. The average Bonchev–Trinajstić information content (AvgIpc) is 2.37. The third-order valence-electron chi connectivity index (χ3n) is 2.28. The summed E-state index contributed by atoms with van der Waals surface area (Å²) in [5.41, 5.74) is 0.922. The molecule has 0 atom stereocenters. The van der Waals surface area contributed by atoms with Gasteiger partial charge in [0, 0.05) is 18.3 Å². The van der Waals surface area contributed by atoms with Crippen LogP contribution in [0.2, 0.25) is 0 Å². The average molecular weight is 264 g/mol. The van der Waals surface area contributed by atoms with Gasteiger partial charge in [-0.2, -0.15) is 0 Å². The van der Waals surface area contributed by atoms with Crippen LogP contribution >= 0.6 is 12.2 Å². The lowest BCUT2D eigenvalue weighted by Crippen LogP contribution is -2.29. The van der Waals surface area contributed by atoms with Gasteiger partial charge in [-0.15, -0.1) is 0 Å². The van der Waals surface area contributed by atoms with E-state index in [4.69, 9.17) is 17.0 Å². The summed E-state index contributed by atoms with van der Waals surface area (Å²) in [6, 6.07) is 7.70. The largest absolute Gasteiger partial charge is 0.489 e. The summed E-state index contributed by atoms with van der Waals surface area (Å²) >= 11 is 5.20. The van der Waals surface area contributed by atoms with Gasteiger partial charge in [0.1, 0.15) is 12.4 Å². The lowest BCUT2D eigenvalue weighted by Gasteiger charge is -2.11. The van der Waals surface area contributed by atoms with Gasteiger partial charge in [-0.3, -0.25) is 0 Å². The number of anilines is 1. The van der Waals surface area contributed by atoms with E-state index in [9.17, 15) is 0 Å². The summed E-state index contributed by atoms with van der Waals surface area (Å²) < 4.78 is 5.45. The molecule has 3 nitrogen and oxygen atoms in total. The molecule has 4 heteroatoms. The van der Waals surface area contributed by atoms with Crippen molar-refractivity contribution in [3.63, 3.8) is 0 Å². The summed E-state index contributed by atoms with van der Waals surface area (Å²) in [7, 11) is 0. The molecule has 98 valence electrons. The van der Waals surface area contributed by atoms with Crippen LogP contribution < -0.4 is 15.4 Å². The van der Waals surface area contributed by atoms with Gasteiger partial charge in [-0.25, -0.2) is 0 Å². The maximum absolute atomic E-state index is 5.45. The van der Waals surface area contributed by atoms with Gasteiger partial charge in [0.15, 0.2) is 5.11 Å². The topological polar surface area (TPSA) is 33.3 Å². The lowest BCUT2D eigenvalue weighted by molar-refractivity contribution is 0.363. The second kappa shape index (κ2) is 8.53. The molecule has 0 unspecified atom stereocenters. The number of benzene rings is 1. The smallest absolute Gasteiger partial charge is 0.170 e. The van der Waals surface area contributed by atoms with Crippen LogP contribution in [0.25, 0.3) is 0 Å². The Morgan fingerprint density at radius 3 is 3.06 bits per heavy atom. The molecule has 1 aromatic carbocycles. The van der Waals surface area contributed by atoms with E-state index in [1.54, 1.807) is 6.08 Å². The zero-order chi connectivity index (χ0) is 13.2. The first kappa shape index (κ1) is 14.5. The first-order chi connectivity index (χ1) is 8.76. The molecular weight excluding hydrogens is 244 g/mol. The molecule has 0 aromatic heterocycles. The number of rotatable bonds is 7. The second-order valence-electron chi connectivity index (χ2n) is 3.86. The van der Waals surface area contributed by atoms with E-state index < -0.39 is 0 Å². The van der Waals surface area contributed by atoms with Crippen LogP contribution in [-0.4, -0.2) is 18.3 Å². The Morgan fingerprint density at radius 2 is 2.33 bits per heavy atom. The zero-order valence-electron chi connectivity index (χ0n) is 10.7. The van der Waals surface area contributed by atoms with Gasteiger partial charge < -0.3 is 15.4 Å². The maximum atomic E-state index is 5.45. The van der Waals surface area contributed by atoms with Gasteiger partial charge in [0.05, 0.1) is 0 Å². The Morgan fingerprint density at radius 1 is 1.50 bits per heavy atom. The molecule has 0 aliphatic heterocycles. The standard InChI is InChI=1S/C14H20N2OS/c1-3-5-9-15-14(18)16-12-7-6-8-13(11-12)17-10-4-2/h4,6-8,11H,2-3,5,9-10H2,1H3,(H2,15,16,18). The van der Waals surface area contributed by atoms with Crippen LogP contribution in [0.3, 0.4) is 0 Å². The molecule has 0 saturated carbocycles. The van der Waals surface area contributed by atoms with Crippen molar-refractivity contribution in [2.24, 2.45) is 0 Å². The van der Waals surface area contributed by atoms with Crippen LogP contribution in [-0.2, 0) is 0 Å². The lowest BCUT2D eigenvalue weighted by atomic mass is 10.3. The summed E-state index contributed by atoms with van der Waals surface area (Å²) in [6.45, 7) is 7.17. The van der Waals surface area contributed by atoms with E-state index >= 15 is 0 Å². The van der Waals surface area contributed by atoms with E-state index in [-0.39, 0.29) is 0 Å². The molecule has 2 N–H and O–H groups in total. The van der Waals surface area contributed by atoms with Crippen LogP contribution in [0.4, 0.5) is 5.69 Å². The number of unbranched alkanes of at least 4 members (excludes halogenated alkanes) is 1. The zero-order valence-corrected chi connectivity index (χ0v) is 11.6. The predicted octanol–water partition coefficient (Wildman–Crippen LogP) is 3.34. The first-order valence-corrected chi connectivity index (χ1v) is 6.55. The molecule has 1 rings (SSSR count). The van der Waals surface area contributed by atoms with Crippen molar-refractivity contribution >= 4 is 23.0 Å². The van der Waals surface area contributed by atoms with Crippen molar-refractivity contribution in [2.75, 3.05) is 18.5 Å². The summed E-state index contributed by atoms with van der Waals surface area (Å²) in [5, 5.41) is 6.93. The summed E-state index contributed by atoms with van der Waals surface area (Å²) in [4.78, 5) is 0. The van der Waals surface area contributed by atoms with Gasteiger partial charge in [-0.1, -0.05) is 32.1 Å². The Hall–Kier alpha value is -1.55. The number of thiocarbonyl (C=S) groups is 1. The van der Waals surface area contributed by atoms with Crippen LogP contribution in [0.15, 0.2) is 36.9 Å². The Bertz CT molecular complexity index is 393. The maximum Gasteiger partial charge on any atom is 0.170 e. The SMILES string of the molecule is C=CCOc1cccc(NC(=S)NCCCC)c1. The fraction of sp³-hybridized carbons (Fsp3) is 0.357. The molecule has 0 aliphatic carbocycles. The number of nitrogens with one attached hydrogen (secondary N) is 2. The minimum absolute atomic E-state index is 0.503. The molecule has 0 heterocycles. The van der Waals surface area contributed by atoms with Gasteiger partial charge in [-0.05, 0) is 30.8 Å². The Kier molecular flexibility index (Phi) is 6.87. The normalized spacial score (nSPS) is 9.61. The van der Waals surface area contributed by atoms with Crippen molar-refractivity contribution in [1.82, 2.24) is 5.32 Å². The van der Waals surface area contributed by atoms with Crippen LogP contribution in [0, 0.1) is 0 Å². The van der Waals surface area contributed by atoms with Crippen LogP contribution in [0.1, 0.15) is 19.8 Å². The van der Waals surface area contributed by atoms with E-state index in [1.165, 1.54) is 0 Å². The third-order valence-corrected chi connectivity index (χ3v) is 2.52. The predicted molar refractivity (Wildman–Crippen MR) is 81.3 cm³/mol. The second-order valence-corrected chi connectivity index (χ2v) is 4.27. The van der Waals surface area contributed by atoms with Crippen molar-refractivity contribution < 1.29 is 4.74 Å². The van der Waals surface area contributed by atoms with Crippen LogP contribution in [0.5, 0.6) is 5.75 Å². The van der Waals surface area contributed by atoms with E-state index in [0.29, 0.717) is 11.7 Å². The fourth-order valence-corrected chi connectivity index (χ4v) is 1.59. The summed E-state index contributed by atoms with van der Waals surface area (Å²) in [6.07, 6.45) is 3.99. The van der Waals surface area contributed by atoms with Gasteiger partial charge in [0.25, 0.3) is 0 Å². The molecule has 0 spiro atoms. The number of hydrogen-bond acceptors (Lipinski definition) is 2. The summed E-state index contributed by atoms with van der Waals surface area (Å²) in [5.74, 6) is 0.802. The molecule has 0 amide bonds. The third kappa shape index (κ3) is 5.68. The number of ether oxygens (including phenoxy) is 1. The highest BCUT2D eigenvalue weighted by Gasteiger charge is 1.99. The molecule has 0 saturated heterocycles. The van der Waals surface area contributed by atoms with Crippen molar-refractivity contribution in [2.45, 2.75) is 19.8 Å². The monoisotopic (exact) mass is 264 g/mol. The highest BCUT2D eigenvalue weighted by atomic mass is 32.1. The first-order valence-electron chi connectivity index (χ1n) is 6.15. The van der Waals surface area contributed by atoms with Crippen molar-refractivity contribution in [1.29, 1.82) is 0 Å². The molecule has 0 fully saturated rings. The quantitative estimate of drug-likeness (QED) is 0.449.